The molecule has 0 amide bonds. The minimum Gasteiger partial charge on any atom is -0.494 e. The van der Waals surface area contributed by atoms with Crippen molar-refractivity contribution in [1.29, 1.82) is 0 Å². The monoisotopic (exact) mass is 668 g/mol. The lowest BCUT2D eigenvalue weighted by atomic mass is 10.2. The van der Waals surface area contributed by atoms with Gasteiger partial charge in [0.2, 0.25) is 0 Å². The molecule has 0 unspecified atom stereocenters. The molecule has 6 rings (SSSR count). The first-order valence-electron chi connectivity index (χ1n) is 11.8. The molecule has 0 aliphatic carbocycles. The van der Waals surface area contributed by atoms with E-state index in [-0.39, 0.29) is 74.4 Å². The van der Waals surface area contributed by atoms with E-state index in [2.05, 4.69) is 63.2 Å². The molecule has 0 spiro atoms. The van der Waals surface area contributed by atoms with Crippen molar-refractivity contribution < 1.29 is 4.74 Å². The molecule has 3 heterocycles. The van der Waals surface area contributed by atoms with E-state index in [0.717, 1.165) is 76.8 Å². The summed E-state index contributed by atoms with van der Waals surface area (Å²) in [6.07, 6.45) is 0. The summed E-state index contributed by atoms with van der Waals surface area (Å²) in [7, 11) is 2.18. The van der Waals surface area contributed by atoms with Crippen LogP contribution in [0.25, 0.3) is 44.8 Å². The van der Waals surface area contributed by atoms with Crippen LogP contribution in [-0.2, 0) is 0 Å². The highest BCUT2D eigenvalue weighted by Gasteiger charge is 2.16. The number of rotatable bonds is 5. The summed E-state index contributed by atoms with van der Waals surface area (Å²) in [5.41, 5.74) is 7.24. The summed E-state index contributed by atoms with van der Waals surface area (Å²) < 4.78 is 5.55. The number of nitrogens with zero attached hydrogens (tertiary/aromatic N) is 4. The van der Waals surface area contributed by atoms with Crippen molar-refractivity contribution in [1.82, 2.24) is 24.8 Å². The maximum Gasteiger partial charge on any atom is 0.138 e. The number of piperazine rings is 1. The number of halogens is 6. The molecular weight excluding hydrogens is 637 g/mol. The van der Waals surface area contributed by atoms with Crippen LogP contribution in [-0.4, -0.2) is 64.7 Å². The molecule has 2 N–H and O–H groups in total. The van der Waals surface area contributed by atoms with Crippen LogP contribution in [0.1, 0.15) is 6.92 Å². The molecule has 1 aliphatic heterocycles. The highest BCUT2D eigenvalue weighted by molar-refractivity contribution is 5.87. The van der Waals surface area contributed by atoms with Crippen LogP contribution in [0.3, 0.4) is 0 Å². The van der Waals surface area contributed by atoms with Gasteiger partial charge in [0.25, 0.3) is 0 Å². The fourth-order valence-electron chi connectivity index (χ4n) is 4.56. The normalized spacial score (nSPS) is 12.6. The fourth-order valence-corrected chi connectivity index (χ4v) is 4.56. The molecular formula is C27H34Cl6N6O. The zero-order chi connectivity index (χ0) is 23.1. The van der Waals surface area contributed by atoms with Crippen molar-refractivity contribution in [3.63, 3.8) is 0 Å². The molecule has 220 valence electrons. The lowest BCUT2D eigenvalue weighted by Crippen LogP contribution is -2.44. The molecule has 13 heteroatoms. The Morgan fingerprint density at radius 3 is 1.80 bits per heavy atom. The zero-order valence-corrected chi connectivity index (χ0v) is 26.9. The highest BCUT2D eigenvalue weighted by Crippen LogP contribution is 2.28. The van der Waals surface area contributed by atoms with Gasteiger partial charge >= 0.3 is 0 Å². The Hall–Kier alpha value is -2.10. The molecule has 5 aromatic rings. The number of benzene rings is 3. The number of hydrogen-bond donors (Lipinski definition) is 2. The first-order chi connectivity index (χ1) is 16.7. The lowest BCUT2D eigenvalue weighted by molar-refractivity contribution is 0.313. The standard InChI is InChI=1S/C27H28N6O.6ClH/c1-3-34-21-8-4-18(5-9-21)26-28-22-10-6-19(16-24(22)30-26)27-29-23-11-7-20(17-25(23)31-27)33-14-12-32(2)13-15-33;;;;;;/h4-11,16-17H,3,12-15H2,1-2H3,(H,28,30)(H,29,31);6*1H. The van der Waals surface area contributed by atoms with Gasteiger partial charge in [-0.2, -0.15) is 0 Å². The van der Waals surface area contributed by atoms with Gasteiger partial charge in [-0.15, -0.1) is 74.4 Å². The number of aromatic amines is 2. The molecule has 3 aromatic carbocycles. The minimum absolute atomic E-state index is 0. The Kier molecular flexibility index (Phi) is 15.5. The number of hydrogen-bond acceptors (Lipinski definition) is 5. The minimum atomic E-state index is 0. The second-order valence-electron chi connectivity index (χ2n) is 8.85. The summed E-state index contributed by atoms with van der Waals surface area (Å²) in [5.74, 6) is 2.57. The lowest BCUT2D eigenvalue weighted by Gasteiger charge is -2.34. The van der Waals surface area contributed by atoms with E-state index >= 15 is 0 Å². The van der Waals surface area contributed by atoms with Crippen molar-refractivity contribution in [3.05, 3.63) is 60.7 Å². The summed E-state index contributed by atoms with van der Waals surface area (Å²) in [6.45, 7) is 6.92. The maximum absolute atomic E-state index is 5.55. The Labute approximate surface area is 271 Å². The quantitative estimate of drug-likeness (QED) is 0.203. The SMILES string of the molecule is CCOc1ccc(-c2nc3cc(-c4nc5cc(N6CCN(C)CC6)ccc5[nH]4)ccc3[nH]2)cc1.Cl.Cl.Cl.Cl.Cl.Cl. The Bertz CT molecular complexity index is 1470. The van der Waals surface area contributed by atoms with Gasteiger partial charge in [-0.1, -0.05) is 0 Å². The third kappa shape index (κ3) is 7.79. The molecule has 1 fully saturated rings. The first kappa shape index (κ1) is 37.9. The van der Waals surface area contributed by atoms with Gasteiger partial charge in [-0.25, -0.2) is 9.97 Å². The second kappa shape index (κ2) is 16.4. The summed E-state index contributed by atoms with van der Waals surface area (Å²) in [5, 5.41) is 0. The molecule has 0 saturated carbocycles. The third-order valence-electron chi connectivity index (χ3n) is 6.53. The van der Waals surface area contributed by atoms with Crippen molar-refractivity contribution >= 4 is 102 Å². The molecule has 0 atom stereocenters. The molecule has 1 aliphatic rings. The molecule has 40 heavy (non-hydrogen) atoms. The topological polar surface area (TPSA) is 73.1 Å². The van der Waals surface area contributed by atoms with E-state index in [9.17, 15) is 0 Å². The molecule has 2 aromatic heterocycles. The van der Waals surface area contributed by atoms with Gasteiger partial charge < -0.3 is 24.5 Å². The van der Waals surface area contributed by atoms with Gasteiger partial charge in [0.05, 0.1) is 28.7 Å². The number of aromatic nitrogens is 4. The van der Waals surface area contributed by atoms with Gasteiger partial charge in [0, 0.05) is 43.0 Å². The number of imidazole rings is 2. The van der Waals surface area contributed by atoms with E-state index in [4.69, 9.17) is 14.7 Å². The van der Waals surface area contributed by atoms with Crippen LogP contribution in [0.2, 0.25) is 0 Å². The fraction of sp³-hybridized carbons (Fsp3) is 0.259. The average molecular weight is 671 g/mol. The Balaban J connectivity index is 0.00000253. The number of fused-ring (bicyclic) bond motifs is 2. The maximum atomic E-state index is 5.55. The molecule has 0 radical (unpaired) electrons. The summed E-state index contributed by atoms with van der Waals surface area (Å²) in [6, 6.07) is 20.8. The smallest absolute Gasteiger partial charge is 0.138 e. The van der Waals surface area contributed by atoms with E-state index < -0.39 is 0 Å². The molecule has 0 bridgehead atoms. The Morgan fingerprint density at radius 2 is 1.20 bits per heavy atom. The number of H-pyrrole nitrogens is 2. The second-order valence-corrected chi connectivity index (χ2v) is 8.85. The van der Waals surface area contributed by atoms with Gasteiger partial charge in [-0.05, 0) is 74.6 Å². The number of ether oxygens (including phenoxy) is 1. The van der Waals surface area contributed by atoms with Gasteiger partial charge in [0.15, 0.2) is 0 Å². The van der Waals surface area contributed by atoms with Crippen molar-refractivity contribution in [2.45, 2.75) is 6.92 Å². The predicted octanol–water partition coefficient (Wildman–Crippen LogP) is 7.45. The van der Waals surface area contributed by atoms with Gasteiger partial charge in [0.1, 0.15) is 17.4 Å². The van der Waals surface area contributed by atoms with E-state index in [1.807, 2.05) is 31.2 Å². The molecule has 1 saturated heterocycles. The number of nitrogens with one attached hydrogen (secondary N) is 2. The Morgan fingerprint density at radius 1 is 0.675 bits per heavy atom. The summed E-state index contributed by atoms with van der Waals surface area (Å²) >= 11 is 0. The van der Waals surface area contributed by atoms with Crippen molar-refractivity contribution in [2.75, 3.05) is 44.7 Å². The highest BCUT2D eigenvalue weighted by atomic mass is 35.5. The van der Waals surface area contributed by atoms with E-state index in [1.54, 1.807) is 0 Å². The predicted molar refractivity (Wildman–Crippen MR) is 181 cm³/mol. The van der Waals surface area contributed by atoms with Crippen LogP contribution in [0.15, 0.2) is 60.7 Å². The van der Waals surface area contributed by atoms with Crippen LogP contribution in [0.5, 0.6) is 5.75 Å². The average Bonchev–Trinajstić information content (AvgIpc) is 3.48. The zero-order valence-electron chi connectivity index (χ0n) is 22.0. The van der Waals surface area contributed by atoms with Crippen molar-refractivity contribution in [2.24, 2.45) is 0 Å². The van der Waals surface area contributed by atoms with E-state index in [0.29, 0.717) is 6.61 Å². The molecule has 7 nitrogen and oxygen atoms in total. The first-order valence-corrected chi connectivity index (χ1v) is 11.8. The van der Waals surface area contributed by atoms with Crippen LogP contribution in [0, 0.1) is 0 Å². The van der Waals surface area contributed by atoms with Crippen LogP contribution < -0.4 is 9.64 Å². The largest absolute Gasteiger partial charge is 0.494 e. The van der Waals surface area contributed by atoms with Crippen LogP contribution in [0.4, 0.5) is 5.69 Å². The number of anilines is 1. The van der Waals surface area contributed by atoms with Gasteiger partial charge in [-0.3, -0.25) is 0 Å². The summed E-state index contributed by atoms with van der Waals surface area (Å²) in [4.78, 5) is 21.4. The third-order valence-corrected chi connectivity index (χ3v) is 6.53. The van der Waals surface area contributed by atoms with Crippen molar-refractivity contribution in [3.8, 4) is 28.5 Å². The van der Waals surface area contributed by atoms with Crippen LogP contribution >= 0.6 is 74.4 Å². The number of likely N-dealkylation sites (N-methyl/N-ethyl adjacent to an activating group) is 1. The van der Waals surface area contributed by atoms with E-state index in [1.165, 1.54) is 5.69 Å².